The van der Waals surface area contributed by atoms with Gasteiger partial charge in [0, 0.05) is 17.1 Å². The van der Waals surface area contributed by atoms with E-state index in [2.05, 4.69) is 5.32 Å². The van der Waals surface area contributed by atoms with Crippen LogP contribution in [0.1, 0.15) is 30.0 Å². The molecule has 1 aromatic heterocycles. The highest BCUT2D eigenvalue weighted by atomic mass is 16.5. The standard InChI is InChI=1S/C22H21NO5/c1-14(2)27-22(25)15-4-6-17(7-5-15)23-21(24)11-9-19-13-16-12-18(26-3)8-10-20(16)28-19/h4-14H,1-3H3,(H,23,24). The SMILES string of the molecule is COc1ccc2oc(C=CC(=O)Nc3ccc(C(=O)OC(C)C)cc3)cc2c1. The molecule has 0 aliphatic heterocycles. The summed E-state index contributed by atoms with van der Waals surface area (Å²) in [6, 6.07) is 13.8. The Bertz CT molecular complexity index is 1020. The maximum Gasteiger partial charge on any atom is 0.338 e. The third-order valence-electron chi connectivity index (χ3n) is 3.87. The molecular formula is C22H21NO5. The Morgan fingerprint density at radius 2 is 1.82 bits per heavy atom. The normalized spacial score (nSPS) is 11.1. The fourth-order valence-electron chi connectivity index (χ4n) is 2.56. The molecule has 0 aliphatic rings. The number of fused-ring (bicyclic) bond motifs is 1. The molecule has 0 unspecified atom stereocenters. The summed E-state index contributed by atoms with van der Waals surface area (Å²) in [7, 11) is 1.60. The second kappa shape index (κ2) is 8.43. The van der Waals surface area contributed by atoms with Gasteiger partial charge in [-0.1, -0.05) is 0 Å². The van der Waals surface area contributed by atoms with E-state index >= 15 is 0 Å². The van der Waals surface area contributed by atoms with Crippen LogP contribution >= 0.6 is 0 Å². The second-order valence-corrected chi connectivity index (χ2v) is 6.41. The zero-order chi connectivity index (χ0) is 20.1. The lowest BCUT2D eigenvalue weighted by molar-refractivity contribution is -0.111. The fourth-order valence-corrected chi connectivity index (χ4v) is 2.56. The highest BCUT2D eigenvalue weighted by Crippen LogP contribution is 2.24. The van der Waals surface area contributed by atoms with Crippen LogP contribution in [0.15, 0.2) is 59.0 Å². The molecule has 0 saturated carbocycles. The average Bonchev–Trinajstić information content (AvgIpc) is 3.08. The molecule has 0 saturated heterocycles. The quantitative estimate of drug-likeness (QED) is 0.498. The highest BCUT2D eigenvalue weighted by molar-refractivity contribution is 6.02. The van der Waals surface area contributed by atoms with Gasteiger partial charge in [-0.05, 0) is 68.5 Å². The summed E-state index contributed by atoms with van der Waals surface area (Å²) >= 11 is 0. The smallest absolute Gasteiger partial charge is 0.338 e. The van der Waals surface area contributed by atoms with Gasteiger partial charge in [-0.15, -0.1) is 0 Å². The van der Waals surface area contributed by atoms with Gasteiger partial charge < -0.3 is 19.2 Å². The average molecular weight is 379 g/mol. The van der Waals surface area contributed by atoms with Gasteiger partial charge in [0.05, 0.1) is 18.8 Å². The van der Waals surface area contributed by atoms with Crippen LogP contribution in [0.5, 0.6) is 5.75 Å². The Morgan fingerprint density at radius 1 is 1.07 bits per heavy atom. The monoisotopic (exact) mass is 379 g/mol. The summed E-state index contributed by atoms with van der Waals surface area (Å²) in [5, 5.41) is 3.62. The number of nitrogens with one attached hydrogen (secondary N) is 1. The highest BCUT2D eigenvalue weighted by Gasteiger charge is 2.09. The van der Waals surface area contributed by atoms with Gasteiger partial charge in [-0.3, -0.25) is 4.79 Å². The summed E-state index contributed by atoms with van der Waals surface area (Å²) < 4.78 is 16.0. The number of rotatable bonds is 6. The molecule has 144 valence electrons. The summed E-state index contributed by atoms with van der Waals surface area (Å²) in [4.78, 5) is 23.9. The van der Waals surface area contributed by atoms with Gasteiger partial charge >= 0.3 is 5.97 Å². The Morgan fingerprint density at radius 3 is 2.50 bits per heavy atom. The maximum absolute atomic E-state index is 12.1. The molecule has 1 N–H and O–H groups in total. The first-order valence-electron chi connectivity index (χ1n) is 8.82. The molecule has 6 nitrogen and oxygen atoms in total. The first kappa shape index (κ1) is 19.2. The molecule has 0 atom stereocenters. The van der Waals surface area contributed by atoms with Crippen LogP contribution in [0.3, 0.4) is 0 Å². The van der Waals surface area contributed by atoms with Crippen LogP contribution in [0.2, 0.25) is 0 Å². The minimum absolute atomic E-state index is 0.184. The van der Waals surface area contributed by atoms with Crippen molar-refractivity contribution < 1.29 is 23.5 Å². The van der Waals surface area contributed by atoms with E-state index in [4.69, 9.17) is 13.9 Å². The molecule has 0 bridgehead atoms. The van der Waals surface area contributed by atoms with Crippen LogP contribution in [-0.2, 0) is 9.53 Å². The number of furan rings is 1. The summed E-state index contributed by atoms with van der Waals surface area (Å²) in [6.45, 7) is 3.58. The van der Waals surface area contributed by atoms with Crippen LogP contribution in [-0.4, -0.2) is 25.1 Å². The van der Waals surface area contributed by atoms with Crippen LogP contribution < -0.4 is 10.1 Å². The van der Waals surface area contributed by atoms with Crippen molar-refractivity contribution in [2.75, 3.05) is 12.4 Å². The van der Waals surface area contributed by atoms with Gasteiger partial charge in [0.1, 0.15) is 17.1 Å². The van der Waals surface area contributed by atoms with E-state index in [0.717, 1.165) is 11.1 Å². The molecule has 3 rings (SSSR count). The van der Waals surface area contributed by atoms with E-state index in [0.29, 0.717) is 22.6 Å². The van der Waals surface area contributed by atoms with Crippen molar-refractivity contribution >= 4 is 34.6 Å². The van der Waals surface area contributed by atoms with Crippen molar-refractivity contribution in [2.24, 2.45) is 0 Å². The van der Waals surface area contributed by atoms with Crippen molar-refractivity contribution in [3.8, 4) is 5.75 Å². The topological polar surface area (TPSA) is 77.8 Å². The number of ether oxygens (including phenoxy) is 2. The van der Waals surface area contributed by atoms with E-state index in [1.165, 1.54) is 6.08 Å². The molecule has 0 radical (unpaired) electrons. The third kappa shape index (κ3) is 4.79. The van der Waals surface area contributed by atoms with Gasteiger partial charge in [0.2, 0.25) is 5.91 Å². The molecule has 1 heterocycles. The van der Waals surface area contributed by atoms with Gasteiger partial charge in [0.25, 0.3) is 0 Å². The van der Waals surface area contributed by atoms with E-state index < -0.39 is 5.97 Å². The Hall–Kier alpha value is -3.54. The fraction of sp³-hybridized carbons (Fsp3) is 0.182. The number of amides is 1. The van der Waals surface area contributed by atoms with Crippen molar-refractivity contribution in [2.45, 2.75) is 20.0 Å². The zero-order valence-corrected chi connectivity index (χ0v) is 15.9. The van der Waals surface area contributed by atoms with E-state index in [9.17, 15) is 9.59 Å². The molecule has 3 aromatic rings. The summed E-state index contributed by atoms with van der Waals surface area (Å²) in [5.74, 6) is 0.595. The predicted octanol–water partition coefficient (Wildman–Crippen LogP) is 4.66. The Labute approximate surface area is 162 Å². The maximum atomic E-state index is 12.1. The van der Waals surface area contributed by atoms with Crippen LogP contribution in [0, 0.1) is 0 Å². The van der Waals surface area contributed by atoms with E-state index in [1.807, 2.05) is 24.3 Å². The molecular weight excluding hydrogens is 358 g/mol. The van der Waals surface area contributed by atoms with Gasteiger partial charge in [0.15, 0.2) is 0 Å². The minimum Gasteiger partial charge on any atom is -0.497 e. The molecule has 28 heavy (non-hydrogen) atoms. The third-order valence-corrected chi connectivity index (χ3v) is 3.87. The molecule has 1 amide bonds. The summed E-state index contributed by atoms with van der Waals surface area (Å²) in [5.41, 5.74) is 1.72. The largest absolute Gasteiger partial charge is 0.497 e. The Balaban J connectivity index is 1.62. The minimum atomic E-state index is -0.394. The summed E-state index contributed by atoms with van der Waals surface area (Å²) in [6.07, 6.45) is 2.79. The van der Waals surface area contributed by atoms with E-state index in [1.54, 1.807) is 51.3 Å². The lowest BCUT2D eigenvalue weighted by Crippen LogP contribution is -2.12. The number of carbonyl (C=O) groups is 2. The van der Waals surface area contributed by atoms with Crippen molar-refractivity contribution in [3.05, 3.63) is 65.9 Å². The number of methoxy groups -OCH3 is 1. The lowest BCUT2D eigenvalue weighted by atomic mass is 10.2. The van der Waals surface area contributed by atoms with Crippen molar-refractivity contribution in [3.63, 3.8) is 0 Å². The first-order valence-corrected chi connectivity index (χ1v) is 8.82. The van der Waals surface area contributed by atoms with Crippen LogP contribution in [0.4, 0.5) is 5.69 Å². The van der Waals surface area contributed by atoms with Gasteiger partial charge in [-0.25, -0.2) is 4.79 Å². The molecule has 6 heteroatoms. The number of benzene rings is 2. The molecule has 0 spiro atoms. The number of hydrogen-bond donors (Lipinski definition) is 1. The number of carbonyl (C=O) groups excluding carboxylic acids is 2. The molecule has 0 fully saturated rings. The van der Waals surface area contributed by atoms with Crippen LogP contribution in [0.25, 0.3) is 17.0 Å². The van der Waals surface area contributed by atoms with Crippen molar-refractivity contribution in [1.29, 1.82) is 0 Å². The first-order chi connectivity index (χ1) is 13.4. The second-order valence-electron chi connectivity index (χ2n) is 6.41. The lowest BCUT2D eigenvalue weighted by Gasteiger charge is -2.08. The molecule has 2 aromatic carbocycles. The number of anilines is 1. The zero-order valence-electron chi connectivity index (χ0n) is 15.9. The number of esters is 1. The predicted molar refractivity (Wildman–Crippen MR) is 107 cm³/mol. The Kier molecular flexibility index (Phi) is 5.79. The van der Waals surface area contributed by atoms with Gasteiger partial charge in [-0.2, -0.15) is 0 Å². The molecule has 0 aliphatic carbocycles. The van der Waals surface area contributed by atoms with E-state index in [-0.39, 0.29) is 12.0 Å². The van der Waals surface area contributed by atoms with Crippen molar-refractivity contribution in [1.82, 2.24) is 0 Å². The number of hydrogen-bond acceptors (Lipinski definition) is 5.